The molecule has 0 aromatic carbocycles. The van der Waals surface area contributed by atoms with Crippen LogP contribution in [0.3, 0.4) is 0 Å². The molecule has 1 aliphatic heterocycles. The summed E-state index contributed by atoms with van der Waals surface area (Å²) in [4.78, 5) is 18.5. The van der Waals surface area contributed by atoms with Crippen molar-refractivity contribution in [1.29, 1.82) is 0 Å². The van der Waals surface area contributed by atoms with E-state index in [1.54, 1.807) is 6.20 Å². The fourth-order valence-electron chi connectivity index (χ4n) is 2.51. The van der Waals surface area contributed by atoms with Crippen molar-refractivity contribution in [3.63, 3.8) is 0 Å². The number of likely N-dealkylation sites (tertiary alicyclic amines) is 1. The summed E-state index contributed by atoms with van der Waals surface area (Å²) in [6.45, 7) is 4.66. The van der Waals surface area contributed by atoms with E-state index in [-0.39, 0.29) is 30.7 Å². The van der Waals surface area contributed by atoms with E-state index in [9.17, 15) is 4.79 Å². The summed E-state index contributed by atoms with van der Waals surface area (Å²) in [7, 11) is 1.98. The zero-order chi connectivity index (χ0) is 13.0. The normalized spacial score (nSPS) is 15.2. The third-order valence-electron chi connectivity index (χ3n) is 3.63. The van der Waals surface area contributed by atoms with Crippen molar-refractivity contribution in [2.75, 3.05) is 26.7 Å². The first-order chi connectivity index (χ1) is 8.72. The number of piperidine rings is 1. The highest BCUT2D eigenvalue weighted by Crippen LogP contribution is 2.19. The van der Waals surface area contributed by atoms with E-state index in [1.165, 1.54) is 0 Å². The molecule has 0 radical (unpaired) electrons. The molecule has 114 valence electrons. The predicted octanol–water partition coefficient (Wildman–Crippen LogP) is 2.31. The molecule has 1 saturated heterocycles. The number of carbonyl (C=O) groups excluding carboxylic acids is 1. The second-order valence-electron chi connectivity index (χ2n) is 4.93. The van der Waals surface area contributed by atoms with Gasteiger partial charge in [-0.3, -0.25) is 9.78 Å². The number of nitrogens with one attached hydrogen (secondary N) is 1. The monoisotopic (exact) mass is 319 g/mol. The molecular formula is C14H23Cl2N3O. The third-order valence-corrected chi connectivity index (χ3v) is 3.63. The van der Waals surface area contributed by atoms with Gasteiger partial charge in [0.25, 0.3) is 5.91 Å². The van der Waals surface area contributed by atoms with E-state index < -0.39 is 0 Å². The average molecular weight is 320 g/mol. The SMILES string of the molecule is CNCC1CCN(C(=O)c2cccnc2C)CC1.Cl.Cl. The lowest BCUT2D eigenvalue weighted by atomic mass is 9.96. The van der Waals surface area contributed by atoms with Gasteiger partial charge in [-0.1, -0.05) is 0 Å². The lowest BCUT2D eigenvalue weighted by Crippen LogP contribution is -2.40. The number of aryl methyl sites for hydroxylation is 1. The average Bonchev–Trinajstić information content (AvgIpc) is 2.40. The van der Waals surface area contributed by atoms with Crippen molar-refractivity contribution in [1.82, 2.24) is 15.2 Å². The number of hydrogen-bond donors (Lipinski definition) is 1. The van der Waals surface area contributed by atoms with Crippen molar-refractivity contribution in [3.05, 3.63) is 29.6 Å². The van der Waals surface area contributed by atoms with E-state index in [1.807, 2.05) is 31.0 Å². The van der Waals surface area contributed by atoms with Crippen LogP contribution in [-0.2, 0) is 0 Å². The first-order valence-corrected chi connectivity index (χ1v) is 6.58. The molecule has 2 heterocycles. The van der Waals surface area contributed by atoms with Crippen LogP contribution >= 0.6 is 24.8 Å². The Labute approximate surface area is 133 Å². The van der Waals surface area contributed by atoms with Crippen molar-refractivity contribution in [2.24, 2.45) is 5.92 Å². The minimum absolute atomic E-state index is 0. The Bertz CT molecular complexity index is 421. The van der Waals surface area contributed by atoms with Gasteiger partial charge in [-0.2, -0.15) is 0 Å². The molecule has 0 saturated carbocycles. The summed E-state index contributed by atoms with van der Waals surface area (Å²) in [5, 5.41) is 3.21. The summed E-state index contributed by atoms with van der Waals surface area (Å²) >= 11 is 0. The number of halogens is 2. The topological polar surface area (TPSA) is 45.2 Å². The quantitative estimate of drug-likeness (QED) is 0.929. The fourth-order valence-corrected chi connectivity index (χ4v) is 2.51. The molecule has 0 bridgehead atoms. The van der Waals surface area contributed by atoms with Crippen LogP contribution in [0.4, 0.5) is 0 Å². The summed E-state index contributed by atoms with van der Waals surface area (Å²) < 4.78 is 0. The van der Waals surface area contributed by atoms with Crippen molar-refractivity contribution >= 4 is 30.7 Å². The maximum atomic E-state index is 12.4. The molecule has 0 atom stereocenters. The molecule has 1 N–H and O–H groups in total. The molecule has 0 spiro atoms. The van der Waals surface area contributed by atoms with Gasteiger partial charge in [0.05, 0.1) is 5.56 Å². The first-order valence-electron chi connectivity index (χ1n) is 6.58. The van der Waals surface area contributed by atoms with E-state index in [2.05, 4.69) is 10.3 Å². The molecule has 2 rings (SSSR count). The smallest absolute Gasteiger partial charge is 0.255 e. The van der Waals surface area contributed by atoms with E-state index in [0.29, 0.717) is 5.92 Å². The largest absolute Gasteiger partial charge is 0.339 e. The maximum Gasteiger partial charge on any atom is 0.255 e. The lowest BCUT2D eigenvalue weighted by Gasteiger charge is -2.32. The van der Waals surface area contributed by atoms with Gasteiger partial charge in [-0.25, -0.2) is 0 Å². The maximum absolute atomic E-state index is 12.4. The number of amides is 1. The Hall–Kier alpha value is -0.840. The highest BCUT2D eigenvalue weighted by molar-refractivity contribution is 5.95. The number of pyridine rings is 1. The zero-order valence-electron chi connectivity index (χ0n) is 12.0. The Kier molecular flexibility index (Phi) is 8.78. The van der Waals surface area contributed by atoms with E-state index >= 15 is 0 Å². The van der Waals surface area contributed by atoms with Crippen molar-refractivity contribution in [2.45, 2.75) is 19.8 Å². The van der Waals surface area contributed by atoms with Crippen LogP contribution in [0.15, 0.2) is 18.3 Å². The Morgan fingerprint density at radius 1 is 1.40 bits per heavy atom. The molecule has 1 aromatic rings. The molecule has 4 nitrogen and oxygen atoms in total. The van der Waals surface area contributed by atoms with Gasteiger partial charge >= 0.3 is 0 Å². The van der Waals surface area contributed by atoms with Gasteiger partial charge < -0.3 is 10.2 Å². The standard InChI is InChI=1S/C14H21N3O.2ClH/c1-11-13(4-3-7-16-11)14(18)17-8-5-12(6-9-17)10-15-2;;/h3-4,7,12,15H,5-6,8-10H2,1-2H3;2*1H. The molecule has 0 aliphatic carbocycles. The van der Waals surface area contributed by atoms with Crippen LogP contribution < -0.4 is 5.32 Å². The molecular weight excluding hydrogens is 297 g/mol. The van der Waals surface area contributed by atoms with Crippen LogP contribution in [-0.4, -0.2) is 42.5 Å². The van der Waals surface area contributed by atoms with Crippen molar-refractivity contribution < 1.29 is 4.79 Å². The number of hydrogen-bond acceptors (Lipinski definition) is 3. The second-order valence-corrected chi connectivity index (χ2v) is 4.93. The summed E-state index contributed by atoms with van der Waals surface area (Å²) in [6, 6.07) is 3.69. The Balaban J connectivity index is 0.00000180. The second kappa shape index (κ2) is 9.16. The molecule has 1 aliphatic rings. The summed E-state index contributed by atoms with van der Waals surface area (Å²) in [5.41, 5.74) is 1.56. The number of aromatic nitrogens is 1. The molecule has 0 unspecified atom stereocenters. The molecule has 20 heavy (non-hydrogen) atoms. The van der Waals surface area contributed by atoms with E-state index in [0.717, 1.165) is 43.7 Å². The molecule has 6 heteroatoms. The number of nitrogens with zero attached hydrogens (tertiary/aromatic N) is 2. The van der Waals surface area contributed by atoms with Crippen LogP contribution in [0.2, 0.25) is 0 Å². The predicted molar refractivity (Wildman–Crippen MR) is 86.0 cm³/mol. The lowest BCUT2D eigenvalue weighted by molar-refractivity contribution is 0.0689. The minimum Gasteiger partial charge on any atom is -0.339 e. The summed E-state index contributed by atoms with van der Waals surface area (Å²) in [6.07, 6.45) is 3.91. The van der Waals surface area contributed by atoms with Gasteiger partial charge in [0.2, 0.25) is 0 Å². The van der Waals surface area contributed by atoms with Crippen LogP contribution in [0.1, 0.15) is 28.9 Å². The summed E-state index contributed by atoms with van der Waals surface area (Å²) in [5.74, 6) is 0.831. The van der Waals surface area contributed by atoms with Crippen LogP contribution in [0, 0.1) is 12.8 Å². The number of carbonyl (C=O) groups is 1. The first kappa shape index (κ1) is 19.2. The number of rotatable bonds is 3. The van der Waals surface area contributed by atoms with Gasteiger partial charge in [0.1, 0.15) is 0 Å². The molecule has 1 fully saturated rings. The van der Waals surface area contributed by atoms with E-state index in [4.69, 9.17) is 0 Å². The molecule has 1 aromatic heterocycles. The zero-order valence-corrected chi connectivity index (χ0v) is 13.6. The third kappa shape index (κ3) is 4.62. The van der Waals surface area contributed by atoms with Gasteiger partial charge in [-0.15, -0.1) is 24.8 Å². The Morgan fingerprint density at radius 2 is 2.05 bits per heavy atom. The van der Waals surface area contributed by atoms with Crippen LogP contribution in [0.5, 0.6) is 0 Å². The van der Waals surface area contributed by atoms with Gasteiger partial charge in [0, 0.05) is 25.0 Å². The fraction of sp³-hybridized carbons (Fsp3) is 0.571. The minimum atomic E-state index is 0. The van der Waals surface area contributed by atoms with Crippen molar-refractivity contribution in [3.8, 4) is 0 Å². The molecule has 1 amide bonds. The van der Waals surface area contributed by atoms with Gasteiger partial charge in [0.15, 0.2) is 0 Å². The van der Waals surface area contributed by atoms with Gasteiger partial charge in [-0.05, 0) is 51.4 Å². The van der Waals surface area contributed by atoms with Crippen LogP contribution in [0.25, 0.3) is 0 Å². The highest BCUT2D eigenvalue weighted by Gasteiger charge is 2.24. The highest BCUT2D eigenvalue weighted by atomic mass is 35.5. The Morgan fingerprint density at radius 3 is 2.60 bits per heavy atom.